The highest BCUT2D eigenvalue weighted by molar-refractivity contribution is 7.99. The van der Waals surface area contributed by atoms with E-state index >= 15 is 0 Å². The van der Waals surface area contributed by atoms with E-state index in [-0.39, 0.29) is 11.6 Å². The molecule has 29 heavy (non-hydrogen) atoms. The van der Waals surface area contributed by atoms with Gasteiger partial charge in [-0.1, -0.05) is 32.8 Å². The van der Waals surface area contributed by atoms with Crippen molar-refractivity contribution in [3.63, 3.8) is 0 Å². The number of thioether (sulfide) groups is 1. The maximum Gasteiger partial charge on any atom is 0.303 e. The fourth-order valence-electron chi connectivity index (χ4n) is 2.68. The highest BCUT2D eigenvalue weighted by Gasteiger charge is 2.50. The molecule has 0 N–H and O–H groups in total. The molecule has 1 fully saturated rings. The lowest BCUT2D eigenvalue weighted by Crippen LogP contribution is -2.60. The first-order valence-electron chi connectivity index (χ1n) is 9.63. The molecule has 0 spiro atoms. The molecule has 0 aliphatic carbocycles. The van der Waals surface area contributed by atoms with E-state index in [2.05, 4.69) is 43.9 Å². The third-order valence-electron chi connectivity index (χ3n) is 5.15. The Morgan fingerprint density at radius 1 is 1.17 bits per heavy atom. The molecule has 5 atom stereocenters. The topological polar surface area (TPSA) is 120 Å². The third-order valence-corrected chi connectivity index (χ3v) is 10.7. The van der Waals surface area contributed by atoms with Crippen LogP contribution in [0, 0.1) is 0 Å². The largest absolute Gasteiger partial charge is 0.458 e. The average molecular weight is 448 g/mol. The second-order valence-corrected chi connectivity index (χ2v) is 14.6. The van der Waals surface area contributed by atoms with E-state index in [1.807, 2.05) is 6.92 Å². The van der Waals surface area contributed by atoms with E-state index in [4.69, 9.17) is 24.2 Å². The van der Waals surface area contributed by atoms with Crippen LogP contribution >= 0.6 is 11.8 Å². The lowest BCUT2D eigenvalue weighted by atomic mass is 9.98. The van der Waals surface area contributed by atoms with E-state index in [1.54, 1.807) is 0 Å². The summed E-state index contributed by atoms with van der Waals surface area (Å²) < 4.78 is 23.4. The molecule has 9 nitrogen and oxygen atoms in total. The summed E-state index contributed by atoms with van der Waals surface area (Å²) in [7, 11) is -2.10. The number of hydrogen-bond donors (Lipinski definition) is 0. The molecule has 0 aromatic heterocycles. The predicted molar refractivity (Wildman–Crippen MR) is 114 cm³/mol. The first kappa shape index (κ1) is 25.8. The van der Waals surface area contributed by atoms with Crippen molar-refractivity contribution in [3.8, 4) is 0 Å². The van der Waals surface area contributed by atoms with Crippen molar-refractivity contribution in [1.29, 1.82) is 0 Å². The molecule has 1 heterocycles. The fraction of sp³-hybridized carbons (Fsp3) is 0.889. The molecule has 1 aliphatic rings. The first-order chi connectivity index (χ1) is 13.3. The van der Waals surface area contributed by atoms with E-state index in [1.165, 1.54) is 25.6 Å². The van der Waals surface area contributed by atoms with Gasteiger partial charge >= 0.3 is 11.9 Å². The lowest BCUT2D eigenvalue weighted by Gasteiger charge is -2.45. The van der Waals surface area contributed by atoms with Gasteiger partial charge in [0.1, 0.15) is 17.6 Å². The Bertz CT molecular complexity index is 636. The maximum absolute atomic E-state index is 11.8. The minimum Gasteiger partial charge on any atom is -0.458 e. The van der Waals surface area contributed by atoms with Gasteiger partial charge in [-0.05, 0) is 29.4 Å². The van der Waals surface area contributed by atoms with Crippen molar-refractivity contribution in [2.75, 3.05) is 12.4 Å². The lowest BCUT2D eigenvalue weighted by molar-refractivity contribution is -0.205. The van der Waals surface area contributed by atoms with Gasteiger partial charge in [0.25, 0.3) is 0 Å². The van der Waals surface area contributed by atoms with E-state index < -0.39 is 50.0 Å². The Morgan fingerprint density at radius 3 is 2.17 bits per heavy atom. The molecule has 11 heteroatoms. The molecule has 1 aliphatic heterocycles. The molecule has 0 saturated carbocycles. The Morgan fingerprint density at radius 2 is 1.72 bits per heavy atom. The molecular weight excluding hydrogens is 414 g/mol. The fourth-order valence-corrected chi connectivity index (χ4v) is 4.65. The predicted octanol–water partition coefficient (Wildman–Crippen LogP) is 4.03. The molecule has 1 rings (SSSR count). The van der Waals surface area contributed by atoms with Gasteiger partial charge in [0.2, 0.25) is 0 Å². The molecule has 1 saturated heterocycles. The van der Waals surface area contributed by atoms with Crippen molar-refractivity contribution in [2.24, 2.45) is 5.11 Å². The zero-order valence-electron chi connectivity index (χ0n) is 18.5. The van der Waals surface area contributed by atoms with Crippen molar-refractivity contribution >= 4 is 32.0 Å². The minimum absolute atomic E-state index is 0.0148. The molecule has 0 bridgehead atoms. The van der Waals surface area contributed by atoms with Crippen LogP contribution in [0.2, 0.25) is 18.1 Å². The Balaban J connectivity index is 3.26. The van der Waals surface area contributed by atoms with Crippen molar-refractivity contribution in [2.45, 2.75) is 89.5 Å². The number of rotatable bonds is 8. The Kier molecular flexibility index (Phi) is 9.48. The zero-order chi connectivity index (χ0) is 22.4. The number of hydrogen-bond acceptors (Lipinski definition) is 8. The van der Waals surface area contributed by atoms with Gasteiger partial charge in [-0.2, -0.15) is 0 Å². The molecule has 0 radical (unpaired) electrons. The van der Waals surface area contributed by atoms with E-state index in [0.717, 1.165) is 0 Å². The Hall–Kier alpha value is -1.26. The molecular formula is C18H33N3O6SSi. The third kappa shape index (κ3) is 7.18. The molecule has 166 valence electrons. The maximum atomic E-state index is 11.8. The standard InChI is InChI=1S/C18H33N3O6SSi/c1-9-28-17-14(20-21-19)16(26-12(3)23)15(25-11(2)22)13(27-17)10-24-29(7,8)18(4,5)6/h13-17H,9-10H2,1-8H3/t13?,14?,15-,16+,17-/m0/s1. The molecule has 2 unspecified atom stereocenters. The Labute approximate surface area is 177 Å². The second kappa shape index (κ2) is 10.7. The summed E-state index contributed by atoms with van der Waals surface area (Å²) in [5.74, 6) is -0.408. The van der Waals surface area contributed by atoms with Gasteiger partial charge in [0, 0.05) is 18.8 Å². The van der Waals surface area contributed by atoms with Gasteiger partial charge < -0.3 is 18.6 Å². The van der Waals surface area contributed by atoms with Crippen LogP contribution in [0.15, 0.2) is 5.11 Å². The highest BCUT2D eigenvalue weighted by atomic mass is 32.2. The van der Waals surface area contributed by atoms with Crippen LogP contribution in [0.5, 0.6) is 0 Å². The van der Waals surface area contributed by atoms with Gasteiger partial charge in [-0.25, -0.2) is 0 Å². The number of nitrogens with zero attached hydrogens (tertiary/aromatic N) is 3. The number of esters is 2. The first-order valence-corrected chi connectivity index (χ1v) is 13.6. The van der Waals surface area contributed by atoms with Gasteiger partial charge in [-0.3, -0.25) is 9.59 Å². The van der Waals surface area contributed by atoms with Crippen LogP contribution in [0.3, 0.4) is 0 Å². The zero-order valence-corrected chi connectivity index (χ0v) is 20.3. The van der Waals surface area contributed by atoms with Gasteiger partial charge in [0.05, 0.1) is 6.61 Å². The summed E-state index contributed by atoms with van der Waals surface area (Å²) in [6.45, 7) is 15.3. The summed E-state index contributed by atoms with van der Waals surface area (Å²) in [6, 6.07) is -0.831. The summed E-state index contributed by atoms with van der Waals surface area (Å²) in [5.41, 5.74) is 8.46. The van der Waals surface area contributed by atoms with Crippen LogP contribution in [0.25, 0.3) is 10.4 Å². The van der Waals surface area contributed by atoms with Crippen LogP contribution in [-0.2, 0) is 28.2 Å². The average Bonchev–Trinajstić information content (AvgIpc) is 2.57. The summed E-state index contributed by atoms with van der Waals surface area (Å²) in [5, 5.41) is 3.78. The monoisotopic (exact) mass is 447 g/mol. The molecule has 0 aromatic carbocycles. The van der Waals surface area contributed by atoms with E-state index in [0.29, 0.717) is 5.75 Å². The van der Waals surface area contributed by atoms with Crippen molar-refractivity contribution in [1.82, 2.24) is 0 Å². The molecule has 0 amide bonds. The van der Waals surface area contributed by atoms with E-state index in [9.17, 15) is 9.59 Å². The summed E-state index contributed by atoms with van der Waals surface area (Å²) in [4.78, 5) is 26.4. The van der Waals surface area contributed by atoms with Crippen LogP contribution in [-0.4, -0.2) is 62.4 Å². The summed E-state index contributed by atoms with van der Waals surface area (Å²) in [6.07, 6.45) is -2.56. The number of carbonyl (C=O) groups is 2. The normalized spacial score (nSPS) is 27.7. The summed E-state index contributed by atoms with van der Waals surface area (Å²) >= 11 is 1.43. The van der Waals surface area contributed by atoms with Crippen molar-refractivity contribution < 1.29 is 28.2 Å². The minimum atomic E-state index is -2.10. The number of azide groups is 1. The van der Waals surface area contributed by atoms with Gasteiger partial charge in [-0.15, -0.1) is 11.8 Å². The van der Waals surface area contributed by atoms with Crippen LogP contribution < -0.4 is 0 Å². The second-order valence-electron chi connectivity index (χ2n) is 8.41. The SMILES string of the molecule is CCS[C@@H]1OC(CO[Si](C)(C)C(C)(C)C)[C@H](OC(C)=O)[C@H](OC(C)=O)C1N=[N+]=[N-]. The van der Waals surface area contributed by atoms with Gasteiger partial charge in [0.15, 0.2) is 20.5 Å². The smallest absolute Gasteiger partial charge is 0.303 e. The highest BCUT2D eigenvalue weighted by Crippen LogP contribution is 2.38. The number of ether oxygens (including phenoxy) is 3. The van der Waals surface area contributed by atoms with Crippen LogP contribution in [0.1, 0.15) is 41.5 Å². The number of carbonyl (C=O) groups excluding carboxylic acids is 2. The molecule has 0 aromatic rings. The van der Waals surface area contributed by atoms with Crippen molar-refractivity contribution in [3.05, 3.63) is 10.4 Å². The van der Waals surface area contributed by atoms with Crippen LogP contribution in [0.4, 0.5) is 0 Å². The quantitative estimate of drug-likeness (QED) is 0.181.